The molecule has 0 aliphatic heterocycles. The van der Waals surface area contributed by atoms with E-state index in [4.69, 9.17) is 0 Å². The average molecular weight is 610 g/mol. The second kappa shape index (κ2) is 12.0. The molecule has 0 amide bonds. The minimum absolute atomic E-state index is 0.00535. The number of aromatic nitrogens is 5. The maximum absolute atomic E-state index is 13.7. The molecule has 1 aliphatic rings. The van der Waals surface area contributed by atoms with Gasteiger partial charge in [0.1, 0.15) is 5.82 Å². The van der Waals surface area contributed by atoms with Crippen LogP contribution in [0.2, 0.25) is 0 Å². The van der Waals surface area contributed by atoms with Crippen LogP contribution in [-0.4, -0.2) is 38.3 Å². The van der Waals surface area contributed by atoms with Crippen LogP contribution in [0.4, 0.5) is 51.3 Å². The van der Waals surface area contributed by atoms with Gasteiger partial charge in [0.25, 0.3) is 5.95 Å². The zero-order valence-corrected chi connectivity index (χ0v) is 22.7. The summed E-state index contributed by atoms with van der Waals surface area (Å²) >= 11 is 0. The van der Waals surface area contributed by atoms with E-state index in [1.807, 2.05) is 11.8 Å². The normalized spacial score (nSPS) is 14.9. The van der Waals surface area contributed by atoms with Crippen molar-refractivity contribution < 1.29 is 39.5 Å². The van der Waals surface area contributed by atoms with Gasteiger partial charge >= 0.3 is 18.5 Å². The molecule has 0 saturated heterocycles. The number of pyridine rings is 1. The first-order chi connectivity index (χ1) is 19.5. The largest absolute Gasteiger partial charge is 0.417 e. The van der Waals surface area contributed by atoms with Crippen LogP contribution in [0.3, 0.4) is 0 Å². The molecule has 0 N–H and O–H groups in total. The van der Waals surface area contributed by atoms with E-state index >= 15 is 0 Å². The Morgan fingerprint density at radius 3 is 1.90 bits per heavy atom. The number of benzene rings is 1. The molecule has 4 rings (SSSR count). The molecule has 1 aliphatic carbocycles. The van der Waals surface area contributed by atoms with Crippen molar-refractivity contribution in [3.05, 3.63) is 58.3 Å². The van der Waals surface area contributed by atoms with E-state index in [0.717, 1.165) is 36.5 Å². The Balaban J connectivity index is 1.79. The quantitative estimate of drug-likeness (QED) is 0.247. The highest BCUT2D eigenvalue weighted by Gasteiger charge is 2.37. The zero-order valence-electron chi connectivity index (χ0n) is 22.7. The number of halogens is 9. The number of alkyl halides is 9. The molecule has 1 saturated carbocycles. The standard InChI is InChI=1S/C26H28F9N7/c1-3-41(13-16-6-4-5-7-16)22-18(10-21(12-36-22)26(33,34)35)15-42(23-37-39-40(2)38-23)14-17-8-19(24(27,28)29)11-20(9-17)25(30,31)32/h8-12,16H,3-7,13-15H2,1-2H3. The average Bonchev–Trinajstić information content (AvgIpc) is 3.57. The molecule has 0 spiro atoms. The van der Waals surface area contributed by atoms with Gasteiger partial charge in [0.05, 0.1) is 23.7 Å². The van der Waals surface area contributed by atoms with Gasteiger partial charge < -0.3 is 9.80 Å². The van der Waals surface area contributed by atoms with E-state index < -0.39 is 53.9 Å². The molecule has 0 atom stereocenters. The SMILES string of the molecule is CCN(CC1CCCC1)c1ncc(C(F)(F)F)cc1CN(Cc1cc(C(F)(F)F)cc(C(F)(F)F)c1)c1nnn(C)n1. The summed E-state index contributed by atoms with van der Waals surface area (Å²) in [5.74, 6) is 0.336. The maximum Gasteiger partial charge on any atom is 0.417 e. The maximum atomic E-state index is 13.7. The number of rotatable bonds is 9. The van der Waals surface area contributed by atoms with Crippen LogP contribution in [0.5, 0.6) is 0 Å². The van der Waals surface area contributed by atoms with E-state index in [9.17, 15) is 39.5 Å². The fraction of sp³-hybridized carbons (Fsp3) is 0.538. The third-order valence-electron chi connectivity index (χ3n) is 7.07. The predicted molar refractivity (Wildman–Crippen MR) is 134 cm³/mol. The Labute approximate surface area is 235 Å². The Bertz CT molecular complexity index is 1330. The molecule has 42 heavy (non-hydrogen) atoms. The van der Waals surface area contributed by atoms with Crippen LogP contribution >= 0.6 is 0 Å². The van der Waals surface area contributed by atoms with Crippen LogP contribution in [0.25, 0.3) is 0 Å². The lowest BCUT2D eigenvalue weighted by atomic mass is 10.0. The lowest BCUT2D eigenvalue weighted by Crippen LogP contribution is -2.32. The molecule has 0 unspecified atom stereocenters. The summed E-state index contributed by atoms with van der Waals surface area (Å²) in [6, 6.07) is 2.01. The summed E-state index contributed by atoms with van der Waals surface area (Å²) in [6.07, 6.45) is -10.2. The van der Waals surface area contributed by atoms with Gasteiger partial charge in [-0.25, -0.2) is 4.98 Å². The van der Waals surface area contributed by atoms with Crippen molar-refractivity contribution in [2.75, 3.05) is 22.9 Å². The van der Waals surface area contributed by atoms with Crippen molar-refractivity contribution in [3.63, 3.8) is 0 Å². The van der Waals surface area contributed by atoms with Gasteiger partial charge in [0, 0.05) is 37.9 Å². The van der Waals surface area contributed by atoms with E-state index in [-0.39, 0.29) is 23.4 Å². The molecule has 1 aromatic carbocycles. The molecule has 7 nitrogen and oxygen atoms in total. The molecular formula is C26H28F9N7. The first-order valence-electron chi connectivity index (χ1n) is 13.1. The van der Waals surface area contributed by atoms with E-state index in [0.29, 0.717) is 37.3 Å². The van der Waals surface area contributed by atoms with Crippen molar-refractivity contribution in [1.82, 2.24) is 25.2 Å². The second-order valence-electron chi connectivity index (χ2n) is 10.2. The van der Waals surface area contributed by atoms with Crippen LogP contribution in [0.1, 0.15) is 60.4 Å². The summed E-state index contributed by atoms with van der Waals surface area (Å²) < 4.78 is 122. The fourth-order valence-electron chi connectivity index (χ4n) is 5.06. The molecule has 2 heterocycles. The first-order valence-corrected chi connectivity index (χ1v) is 13.1. The minimum Gasteiger partial charge on any atom is -0.356 e. The molecule has 16 heteroatoms. The lowest BCUT2D eigenvalue weighted by Gasteiger charge is -2.30. The van der Waals surface area contributed by atoms with E-state index in [1.54, 1.807) is 0 Å². The highest BCUT2D eigenvalue weighted by atomic mass is 19.4. The van der Waals surface area contributed by atoms with Gasteiger partial charge in [-0.1, -0.05) is 17.9 Å². The summed E-state index contributed by atoms with van der Waals surface area (Å²) in [5.41, 5.74) is -4.43. The smallest absolute Gasteiger partial charge is 0.356 e. The summed E-state index contributed by atoms with van der Waals surface area (Å²) in [4.78, 5) is 8.15. The molecule has 1 fully saturated rings. The number of hydrogen-bond donors (Lipinski definition) is 0. The third kappa shape index (κ3) is 7.62. The Morgan fingerprint density at radius 2 is 1.40 bits per heavy atom. The zero-order chi connectivity index (χ0) is 30.9. The monoisotopic (exact) mass is 609 g/mol. The van der Waals surface area contributed by atoms with Crippen LogP contribution in [-0.2, 0) is 38.7 Å². The summed E-state index contributed by atoms with van der Waals surface area (Å²) in [6.45, 7) is 1.77. The molecule has 3 aromatic rings. The summed E-state index contributed by atoms with van der Waals surface area (Å²) in [5, 5.41) is 11.5. The molecular weight excluding hydrogens is 581 g/mol. The fourth-order valence-corrected chi connectivity index (χ4v) is 5.06. The minimum atomic E-state index is -5.08. The van der Waals surface area contributed by atoms with Gasteiger partial charge in [-0.05, 0) is 60.7 Å². The third-order valence-corrected chi connectivity index (χ3v) is 7.07. The van der Waals surface area contributed by atoms with Gasteiger partial charge in [0.15, 0.2) is 0 Å². The number of hydrogen-bond acceptors (Lipinski definition) is 6. The van der Waals surface area contributed by atoms with E-state index in [2.05, 4.69) is 20.4 Å². The highest BCUT2D eigenvalue weighted by molar-refractivity contribution is 5.51. The Morgan fingerprint density at radius 1 is 0.810 bits per heavy atom. The van der Waals surface area contributed by atoms with Crippen molar-refractivity contribution in [2.45, 2.75) is 64.2 Å². The van der Waals surface area contributed by atoms with Gasteiger partial charge in [-0.2, -0.15) is 44.3 Å². The Kier molecular flexibility index (Phi) is 8.92. The van der Waals surface area contributed by atoms with Crippen molar-refractivity contribution in [1.29, 1.82) is 0 Å². The Hall–Kier alpha value is -3.59. The van der Waals surface area contributed by atoms with Gasteiger partial charge in [-0.15, -0.1) is 5.10 Å². The van der Waals surface area contributed by atoms with Gasteiger partial charge in [-0.3, -0.25) is 0 Å². The highest BCUT2D eigenvalue weighted by Crippen LogP contribution is 2.38. The lowest BCUT2D eigenvalue weighted by molar-refractivity contribution is -0.143. The van der Waals surface area contributed by atoms with Crippen LogP contribution in [0.15, 0.2) is 30.5 Å². The van der Waals surface area contributed by atoms with Crippen LogP contribution in [0, 0.1) is 5.92 Å². The molecule has 0 radical (unpaired) electrons. The van der Waals surface area contributed by atoms with Crippen LogP contribution < -0.4 is 9.80 Å². The molecule has 2 aromatic heterocycles. The second-order valence-corrected chi connectivity index (χ2v) is 10.2. The number of anilines is 2. The van der Waals surface area contributed by atoms with Crippen molar-refractivity contribution in [3.8, 4) is 0 Å². The van der Waals surface area contributed by atoms with E-state index in [1.165, 1.54) is 11.9 Å². The van der Waals surface area contributed by atoms with Crippen molar-refractivity contribution in [2.24, 2.45) is 13.0 Å². The molecule has 230 valence electrons. The van der Waals surface area contributed by atoms with Gasteiger partial charge in [0.2, 0.25) is 0 Å². The van der Waals surface area contributed by atoms with Crippen molar-refractivity contribution >= 4 is 11.8 Å². The molecule has 0 bridgehead atoms. The number of nitrogens with zero attached hydrogens (tertiary/aromatic N) is 7. The number of tetrazole rings is 1. The summed E-state index contributed by atoms with van der Waals surface area (Å²) in [7, 11) is 1.39. The number of aryl methyl sites for hydroxylation is 1. The first kappa shape index (κ1) is 31.3. The predicted octanol–water partition coefficient (Wildman–Crippen LogP) is 6.88. The topological polar surface area (TPSA) is 63.0 Å².